The fraction of sp³-hybridized carbons (Fsp3) is 0.381. The average molecular weight is 385 g/mol. The van der Waals surface area contributed by atoms with Gasteiger partial charge in [0.25, 0.3) is 0 Å². The van der Waals surface area contributed by atoms with E-state index >= 15 is 0 Å². The third kappa shape index (κ3) is 4.14. The summed E-state index contributed by atoms with van der Waals surface area (Å²) in [5, 5.41) is 8.88. The Morgan fingerprint density at radius 2 is 2.04 bits per heavy atom. The lowest BCUT2D eigenvalue weighted by Gasteiger charge is -2.29. The van der Waals surface area contributed by atoms with Crippen molar-refractivity contribution in [3.05, 3.63) is 59.9 Å². The van der Waals surface area contributed by atoms with Crippen LogP contribution in [0.15, 0.2) is 54.3 Å². The average Bonchev–Trinajstić information content (AvgIpc) is 3.10. The molecule has 1 aromatic rings. The van der Waals surface area contributed by atoms with Crippen molar-refractivity contribution in [1.82, 2.24) is 4.90 Å². The summed E-state index contributed by atoms with van der Waals surface area (Å²) in [7, 11) is 0. The van der Waals surface area contributed by atoms with E-state index < -0.39 is 30.1 Å². The van der Waals surface area contributed by atoms with Crippen molar-refractivity contribution in [2.75, 3.05) is 13.2 Å². The zero-order valence-corrected chi connectivity index (χ0v) is 15.6. The van der Waals surface area contributed by atoms with Crippen LogP contribution in [-0.2, 0) is 19.1 Å². The number of aliphatic hydroxyl groups excluding tert-OH is 1. The van der Waals surface area contributed by atoms with Gasteiger partial charge in [0.15, 0.2) is 11.9 Å². The summed E-state index contributed by atoms with van der Waals surface area (Å²) in [6, 6.07) is 8.62. The maximum Gasteiger partial charge on any atom is 0.417 e. The minimum Gasteiger partial charge on any atom is -0.482 e. The number of rotatable bonds is 6. The quantitative estimate of drug-likeness (QED) is 0.757. The molecular weight excluding hydrogens is 362 g/mol. The number of aliphatic hydroxyl groups is 1. The summed E-state index contributed by atoms with van der Waals surface area (Å²) in [6.07, 6.45) is 4.12. The summed E-state index contributed by atoms with van der Waals surface area (Å²) >= 11 is 0. The van der Waals surface area contributed by atoms with Crippen LogP contribution >= 0.6 is 0 Å². The van der Waals surface area contributed by atoms with Gasteiger partial charge in [-0.25, -0.2) is 9.69 Å². The maximum atomic E-state index is 13.1. The van der Waals surface area contributed by atoms with Gasteiger partial charge in [-0.05, 0) is 43.6 Å². The van der Waals surface area contributed by atoms with E-state index in [1.807, 2.05) is 30.3 Å². The van der Waals surface area contributed by atoms with Gasteiger partial charge in [0.2, 0.25) is 5.91 Å². The molecule has 0 aromatic heterocycles. The molecular formula is C21H23NO6. The molecule has 3 atom stereocenters. The van der Waals surface area contributed by atoms with Gasteiger partial charge in [-0.3, -0.25) is 9.59 Å². The van der Waals surface area contributed by atoms with Crippen LogP contribution in [0.4, 0.5) is 4.79 Å². The molecule has 28 heavy (non-hydrogen) atoms. The van der Waals surface area contributed by atoms with Gasteiger partial charge in [-0.1, -0.05) is 30.3 Å². The molecule has 2 aliphatic rings. The first-order valence-corrected chi connectivity index (χ1v) is 9.27. The molecule has 0 bridgehead atoms. The van der Waals surface area contributed by atoms with Gasteiger partial charge >= 0.3 is 6.09 Å². The highest BCUT2D eigenvalue weighted by Gasteiger charge is 2.44. The normalized spacial score (nSPS) is 24.2. The number of carbonyl (C=O) groups excluding carboxylic acids is 3. The zero-order valence-electron chi connectivity index (χ0n) is 15.6. The predicted molar refractivity (Wildman–Crippen MR) is 100.0 cm³/mol. The number of carbonyl (C=O) groups is 3. The lowest BCUT2D eigenvalue weighted by atomic mass is 9.96. The van der Waals surface area contributed by atoms with Crippen molar-refractivity contribution >= 4 is 17.8 Å². The van der Waals surface area contributed by atoms with Crippen LogP contribution in [0.1, 0.15) is 31.4 Å². The van der Waals surface area contributed by atoms with E-state index in [2.05, 4.69) is 0 Å². The molecule has 7 heteroatoms. The van der Waals surface area contributed by atoms with Gasteiger partial charge < -0.3 is 14.6 Å². The number of hydrogen-bond acceptors (Lipinski definition) is 6. The van der Waals surface area contributed by atoms with Crippen LogP contribution in [0, 0.1) is 5.92 Å². The number of imide groups is 1. The largest absolute Gasteiger partial charge is 0.482 e. The predicted octanol–water partition coefficient (Wildman–Crippen LogP) is 2.52. The number of hydrogen-bond donors (Lipinski definition) is 1. The zero-order chi connectivity index (χ0) is 20.1. The molecule has 7 nitrogen and oxygen atoms in total. The molecule has 148 valence electrons. The fourth-order valence-corrected chi connectivity index (χ4v) is 3.24. The summed E-state index contributed by atoms with van der Waals surface area (Å²) in [4.78, 5) is 38.7. The van der Waals surface area contributed by atoms with E-state index in [0.717, 1.165) is 10.5 Å². The topological polar surface area (TPSA) is 93.1 Å². The third-order valence-electron chi connectivity index (χ3n) is 4.80. The van der Waals surface area contributed by atoms with Crippen LogP contribution in [0.3, 0.4) is 0 Å². The van der Waals surface area contributed by atoms with Crippen molar-refractivity contribution in [2.24, 2.45) is 5.92 Å². The first kappa shape index (κ1) is 19.8. The molecule has 1 fully saturated rings. The van der Waals surface area contributed by atoms with Crippen molar-refractivity contribution < 1.29 is 29.0 Å². The lowest BCUT2D eigenvalue weighted by molar-refractivity contribution is -0.142. The number of benzene rings is 1. The first-order valence-electron chi connectivity index (χ1n) is 9.27. The van der Waals surface area contributed by atoms with E-state index in [1.165, 1.54) is 6.08 Å². The van der Waals surface area contributed by atoms with Gasteiger partial charge in [0.05, 0.1) is 5.92 Å². The Balaban J connectivity index is 1.77. The van der Waals surface area contributed by atoms with Gasteiger partial charge in [0.1, 0.15) is 18.4 Å². The van der Waals surface area contributed by atoms with E-state index in [1.54, 1.807) is 19.1 Å². The molecule has 0 aliphatic carbocycles. The minimum atomic E-state index is -1.01. The molecule has 1 aromatic carbocycles. The Bertz CT molecular complexity index is 800. The first-order chi connectivity index (χ1) is 13.5. The molecule has 1 saturated heterocycles. The lowest BCUT2D eigenvalue weighted by Crippen LogP contribution is -2.45. The van der Waals surface area contributed by atoms with E-state index in [4.69, 9.17) is 14.6 Å². The third-order valence-corrected chi connectivity index (χ3v) is 4.80. The number of ketones is 1. The minimum absolute atomic E-state index is 0.0582. The van der Waals surface area contributed by atoms with Crippen molar-refractivity contribution in [3.63, 3.8) is 0 Å². The monoisotopic (exact) mass is 385 g/mol. The van der Waals surface area contributed by atoms with Crippen LogP contribution in [0.5, 0.6) is 0 Å². The Kier molecular flexibility index (Phi) is 6.26. The smallest absolute Gasteiger partial charge is 0.417 e. The van der Waals surface area contributed by atoms with Gasteiger partial charge in [-0.2, -0.15) is 0 Å². The van der Waals surface area contributed by atoms with E-state index in [0.29, 0.717) is 18.6 Å². The summed E-state index contributed by atoms with van der Waals surface area (Å²) in [5.74, 6) is -1.24. The Labute approximate surface area is 163 Å². The number of cyclic esters (lactones) is 1. The van der Waals surface area contributed by atoms with Crippen molar-refractivity contribution in [1.29, 1.82) is 0 Å². The summed E-state index contributed by atoms with van der Waals surface area (Å²) in [5.41, 5.74) is 0.786. The standard InChI is InChI=1S/C21H23NO6/c1-14(19-18(24)11-10-16(28-19)9-5-6-12-23)20(25)22-17(13-27-21(22)26)15-7-3-2-4-8-15/h2-4,7-11,14,17,19,23H,5-6,12-13H2,1H3. The van der Waals surface area contributed by atoms with Crippen LogP contribution in [0.25, 0.3) is 0 Å². The van der Waals surface area contributed by atoms with Crippen LogP contribution < -0.4 is 0 Å². The number of allylic oxidation sites excluding steroid dienone is 2. The number of unbranched alkanes of at least 4 members (excludes halogenated alkanes) is 1. The molecule has 0 saturated carbocycles. The second-order valence-corrected chi connectivity index (χ2v) is 6.75. The Morgan fingerprint density at radius 3 is 2.75 bits per heavy atom. The van der Waals surface area contributed by atoms with Crippen LogP contribution in [0.2, 0.25) is 0 Å². The van der Waals surface area contributed by atoms with E-state index in [9.17, 15) is 14.4 Å². The molecule has 0 spiro atoms. The second kappa shape index (κ2) is 8.84. The highest BCUT2D eigenvalue weighted by atomic mass is 16.6. The van der Waals surface area contributed by atoms with E-state index in [-0.39, 0.29) is 19.0 Å². The van der Waals surface area contributed by atoms with Crippen LogP contribution in [-0.4, -0.2) is 47.1 Å². The number of amides is 2. The van der Waals surface area contributed by atoms with Crippen molar-refractivity contribution in [3.8, 4) is 0 Å². The highest BCUT2D eigenvalue weighted by molar-refractivity contribution is 6.01. The number of ether oxygens (including phenoxy) is 2. The Morgan fingerprint density at radius 1 is 1.29 bits per heavy atom. The Hall–Kier alpha value is -2.93. The second-order valence-electron chi connectivity index (χ2n) is 6.75. The molecule has 0 radical (unpaired) electrons. The fourth-order valence-electron chi connectivity index (χ4n) is 3.24. The SMILES string of the molecule is CC(C(=O)N1C(=O)OCC1c1ccccc1)C1OC(=CCCCO)C=CC1=O. The maximum absolute atomic E-state index is 13.1. The molecule has 1 N–H and O–H groups in total. The molecule has 2 amide bonds. The summed E-state index contributed by atoms with van der Waals surface area (Å²) in [6.45, 7) is 1.71. The molecule has 2 heterocycles. The summed E-state index contributed by atoms with van der Waals surface area (Å²) < 4.78 is 10.8. The molecule has 2 aliphatic heterocycles. The van der Waals surface area contributed by atoms with Crippen molar-refractivity contribution in [2.45, 2.75) is 31.9 Å². The highest BCUT2D eigenvalue weighted by Crippen LogP contribution is 2.31. The molecule has 3 rings (SSSR count). The van der Waals surface area contributed by atoms with Gasteiger partial charge in [0, 0.05) is 6.61 Å². The molecule has 3 unspecified atom stereocenters. The number of nitrogens with zero attached hydrogens (tertiary/aromatic N) is 1. The van der Waals surface area contributed by atoms with Gasteiger partial charge in [-0.15, -0.1) is 0 Å².